The molecule has 1 aliphatic heterocycles. The van der Waals surface area contributed by atoms with Crippen LogP contribution in [-0.2, 0) is 17.6 Å². The fourth-order valence-electron chi connectivity index (χ4n) is 5.12. The van der Waals surface area contributed by atoms with Gasteiger partial charge < -0.3 is 14.1 Å². The minimum Gasteiger partial charge on any atom is -0.484 e. The van der Waals surface area contributed by atoms with Crippen LogP contribution in [0.1, 0.15) is 48.7 Å². The van der Waals surface area contributed by atoms with Crippen molar-refractivity contribution in [3.8, 4) is 5.75 Å². The van der Waals surface area contributed by atoms with Gasteiger partial charge in [-0.15, -0.1) is 10.2 Å². The summed E-state index contributed by atoms with van der Waals surface area (Å²) in [5, 5.41) is 9.79. The molecule has 1 unspecified atom stereocenters. The molecule has 0 N–H and O–H groups in total. The average Bonchev–Trinajstić information content (AvgIpc) is 3.44. The zero-order chi connectivity index (χ0) is 21.5. The number of fused-ring (bicyclic) bond motifs is 4. The predicted octanol–water partition coefficient (Wildman–Crippen LogP) is 4.14. The van der Waals surface area contributed by atoms with E-state index in [1.54, 1.807) is 0 Å². The molecule has 2 aliphatic rings. The molecule has 0 radical (unpaired) electrons. The number of ether oxygens (including phenoxy) is 1. The SMILES string of the molecule is O=C(COc1ccc2oc3c(c2c1)CCCC3)N1CCCC(c2nnc3ccccn23)C1. The van der Waals surface area contributed by atoms with Crippen LogP contribution in [0.25, 0.3) is 16.6 Å². The Morgan fingerprint density at radius 3 is 3.03 bits per heavy atom. The molecular formula is C25H26N4O3. The summed E-state index contributed by atoms with van der Waals surface area (Å²) in [5.41, 5.74) is 3.06. The Labute approximate surface area is 186 Å². The maximum absolute atomic E-state index is 12.9. The number of hydrogen-bond donors (Lipinski definition) is 0. The monoisotopic (exact) mass is 430 g/mol. The lowest BCUT2D eigenvalue weighted by molar-refractivity contribution is -0.134. The molecule has 1 aromatic carbocycles. The molecule has 7 heteroatoms. The Morgan fingerprint density at radius 1 is 1.12 bits per heavy atom. The van der Waals surface area contributed by atoms with Gasteiger partial charge in [0, 0.05) is 42.6 Å². The van der Waals surface area contributed by atoms with Gasteiger partial charge in [0.25, 0.3) is 5.91 Å². The average molecular weight is 431 g/mol. The van der Waals surface area contributed by atoms with Crippen molar-refractivity contribution < 1.29 is 13.9 Å². The summed E-state index contributed by atoms with van der Waals surface area (Å²) >= 11 is 0. The van der Waals surface area contributed by atoms with Gasteiger partial charge in [0.15, 0.2) is 12.3 Å². The van der Waals surface area contributed by atoms with Gasteiger partial charge in [0.2, 0.25) is 0 Å². The van der Waals surface area contributed by atoms with Crippen molar-refractivity contribution in [2.45, 2.75) is 44.4 Å². The van der Waals surface area contributed by atoms with Crippen molar-refractivity contribution in [3.63, 3.8) is 0 Å². The first kappa shape index (κ1) is 19.3. The highest BCUT2D eigenvalue weighted by atomic mass is 16.5. The third-order valence-electron chi connectivity index (χ3n) is 6.77. The molecule has 3 aromatic heterocycles. The van der Waals surface area contributed by atoms with Gasteiger partial charge in [-0.25, -0.2) is 0 Å². The number of benzene rings is 1. The van der Waals surface area contributed by atoms with Crippen molar-refractivity contribution in [1.82, 2.24) is 19.5 Å². The van der Waals surface area contributed by atoms with Gasteiger partial charge in [-0.2, -0.15) is 0 Å². The molecule has 0 spiro atoms. The normalized spacial score (nSPS) is 18.8. The number of hydrogen-bond acceptors (Lipinski definition) is 5. The zero-order valence-electron chi connectivity index (χ0n) is 18.0. The molecule has 0 bridgehead atoms. The number of pyridine rings is 1. The van der Waals surface area contributed by atoms with Crippen molar-refractivity contribution in [2.75, 3.05) is 19.7 Å². The van der Waals surface area contributed by atoms with E-state index in [9.17, 15) is 4.79 Å². The minimum atomic E-state index is 0.0119. The Hall–Kier alpha value is -3.35. The molecule has 4 heterocycles. The fraction of sp³-hybridized carbons (Fsp3) is 0.400. The van der Waals surface area contributed by atoms with Crippen LogP contribution >= 0.6 is 0 Å². The molecule has 4 aromatic rings. The number of carbonyl (C=O) groups is 1. The van der Waals surface area contributed by atoms with Crippen LogP contribution in [-0.4, -0.2) is 45.1 Å². The van der Waals surface area contributed by atoms with E-state index in [1.807, 2.05) is 51.9 Å². The summed E-state index contributed by atoms with van der Waals surface area (Å²) in [6.07, 6.45) is 8.38. The van der Waals surface area contributed by atoms with E-state index in [1.165, 1.54) is 18.4 Å². The highest BCUT2D eigenvalue weighted by molar-refractivity contribution is 5.84. The zero-order valence-corrected chi connectivity index (χ0v) is 18.0. The smallest absolute Gasteiger partial charge is 0.260 e. The van der Waals surface area contributed by atoms with Crippen molar-refractivity contribution in [1.29, 1.82) is 0 Å². The topological polar surface area (TPSA) is 72.9 Å². The summed E-state index contributed by atoms with van der Waals surface area (Å²) in [5.74, 6) is 2.95. The van der Waals surface area contributed by atoms with Gasteiger partial charge in [-0.3, -0.25) is 9.20 Å². The van der Waals surface area contributed by atoms with Crippen LogP contribution in [0.15, 0.2) is 47.0 Å². The second-order valence-corrected chi connectivity index (χ2v) is 8.82. The summed E-state index contributed by atoms with van der Waals surface area (Å²) in [4.78, 5) is 14.8. The summed E-state index contributed by atoms with van der Waals surface area (Å²) in [6, 6.07) is 11.8. The Kier molecular flexibility index (Phi) is 4.82. The summed E-state index contributed by atoms with van der Waals surface area (Å²) in [7, 11) is 0. The highest BCUT2D eigenvalue weighted by Crippen LogP contribution is 2.34. The first-order chi connectivity index (χ1) is 15.8. The molecule has 1 saturated heterocycles. The third kappa shape index (κ3) is 3.42. The number of nitrogens with zero attached hydrogens (tertiary/aromatic N) is 4. The van der Waals surface area contributed by atoms with Gasteiger partial charge in [-0.1, -0.05) is 6.07 Å². The van der Waals surface area contributed by atoms with E-state index in [2.05, 4.69) is 10.2 Å². The number of furan rings is 1. The number of piperidine rings is 1. The lowest BCUT2D eigenvalue weighted by Crippen LogP contribution is -2.42. The first-order valence-electron chi connectivity index (χ1n) is 11.5. The standard InChI is InChI=1S/C25H26N4O3/c30-24(16-31-18-10-11-22-20(14-18)19-7-1-2-8-21(19)32-22)28-12-5-6-17(15-28)25-27-26-23-9-3-4-13-29(23)25/h3-4,9-11,13-14,17H,1-2,5-8,12,15-16H2. The Bertz CT molecular complexity index is 1290. The van der Waals surface area contributed by atoms with E-state index in [0.29, 0.717) is 6.54 Å². The largest absolute Gasteiger partial charge is 0.484 e. The van der Waals surface area contributed by atoms with Gasteiger partial charge >= 0.3 is 0 Å². The number of aromatic nitrogens is 3. The van der Waals surface area contributed by atoms with E-state index in [0.717, 1.165) is 66.2 Å². The number of likely N-dealkylation sites (tertiary alicyclic amines) is 1. The molecule has 1 amide bonds. The Morgan fingerprint density at radius 2 is 2.06 bits per heavy atom. The molecule has 32 heavy (non-hydrogen) atoms. The molecule has 0 saturated carbocycles. The summed E-state index contributed by atoms with van der Waals surface area (Å²) in [6.45, 7) is 1.44. The summed E-state index contributed by atoms with van der Waals surface area (Å²) < 4.78 is 13.9. The fourth-order valence-corrected chi connectivity index (χ4v) is 5.12. The predicted molar refractivity (Wildman–Crippen MR) is 120 cm³/mol. The van der Waals surface area contributed by atoms with E-state index < -0.39 is 0 Å². The second-order valence-electron chi connectivity index (χ2n) is 8.82. The van der Waals surface area contributed by atoms with Gasteiger partial charge in [0.1, 0.15) is 22.9 Å². The molecule has 7 nitrogen and oxygen atoms in total. The third-order valence-corrected chi connectivity index (χ3v) is 6.77. The second kappa shape index (κ2) is 7.97. The molecule has 6 rings (SSSR count). The van der Waals surface area contributed by atoms with E-state index >= 15 is 0 Å². The Balaban J connectivity index is 1.14. The number of carbonyl (C=O) groups excluding carboxylic acids is 1. The van der Waals surface area contributed by atoms with Crippen LogP contribution in [0.4, 0.5) is 0 Å². The lowest BCUT2D eigenvalue weighted by Gasteiger charge is -2.31. The molecule has 1 aliphatic carbocycles. The maximum Gasteiger partial charge on any atom is 0.260 e. The van der Waals surface area contributed by atoms with E-state index in [-0.39, 0.29) is 18.4 Å². The van der Waals surface area contributed by atoms with Crippen molar-refractivity contribution in [3.05, 3.63) is 59.7 Å². The quantitative estimate of drug-likeness (QED) is 0.487. The lowest BCUT2D eigenvalue weighted by atomic mass is 9.96. The van der Waals surface area contributed by atoms with Crippen LogP contribution in [0.5, 0.6) is 5.75 Å². The van der Waals surface area contributed by atoms with Crippen molar-refractivity contribution >= 4 is 22.5 Å². The van der Waals surface area contributed by atoms with Crippen LogP contribution in [0.2, 0.25) is 0 Å². The number of aryl methyl sites for hydroxylation is 2. The number of rotatable bonds is 4. The van der Waals surface area contributed by atoms with E-state index in [4.69, 9.17) is 9.15 Å². The number of amides is 1. The van der Waals surface area contributed by atoms with Crippen LogP contribution < -0.4 is 4.74 Å². The minimum absolute atomic E-state index is 0.0119. The van der Waals surface area contributed by atoms with Crippen LogP contribution in [0.3, 0.4) is 0 Å². The maximum atomic E-state index is 12.9. The molecule has 1 atom stereocenters. The van der Waals surface area contributed by atoms with Gasteiger partial charge in [-0.05, 0) is 62.4 Å². The first-order valence-corrected chi connectivity index (χ1v) is 11.5. The molecule has 1 fully saturated rings. The van der Waals surface area contributed by atoms with Crippen LogP contribution in [0, 0.1) is 0 Å². The molecular weight excluding hydrogens is 404 g/mol. The highest BCUT2D eigenvalue weighted by Gasteiger charge is 2.28. The molecule has 164 valence electrons. The van der Waals surface area contributed by atoms with Gasteiger partial charge in [0.05, 0.1) is 0 Å². The van der Waals surface area contributed by atoms with Crippen molar-refractivity contribution in [2.24, 2.45) is 0 Å².